The number of halogens is 2. The van der Waals surface area contributed by atoms with Gasteiger partial charge in [0.05, 0.1) is 6.54 Å². The summed E-state index contributed by atoms with van der Waals surface area (Å²) in [6.07, 6.45) is 0. The Kier molecular flexibility index (Phi) is 5.11. The van der Waals surface area contributed by atoms with E-state index in [-0.39, 0.29) is 5.91 Å². The Morgan fingerprint density at radius 2 is 1.32 bits per heavy atom. The summed E-state index contributed by atoms with van der Waals surface area (Å²) in [5, 5.41) is 4.87. The quantitative estimate of drug-likeness (QED) is 0.585. The molecule has 0 aromatic heterocycles. The van der Waals surface area contributed by atoms with Crippen molar-refractivity contribution in [2.75, 3.05) is 0 Å². The third-order valence-corrected chi connectivity index (χ3v) is 5.67. The average Bonchev–Trinajstić information content (AvgIpc) is 2.95. The van der Waals surface area contributed by atoms with E-state index in [2.05, 4.69) is 5.32 Å². The normalized spacial score (nSPS) is 15.6. The summed E-state index contributed by atoms with van der Waals surface area (Å²) in [6, 6.07) is 24.2. The fourth-order valence-corrected chi connectivity index (χ4v) is 4.00. The maximum Gasteiger partial charge on any atom is 0.264 e. The lowest BCUT2D eigenvalue weighted by Crippen LogP contribution is -2.45. The second kappa shape index (κ2) is 7.55. The smallest absolute Gasteiger partial charge is 0.264 e. The molecule has 0 aliphatic carbocycles. The van der Waals surface area contributed by atoms with E-state index in [4.69, 9.17) is 35.4 Å². The van der Waals surface area contributed by atoms with E-state index in [9.17, 15) is 4.79 Å². The number of hydrogen-bond donors (Lipinski definition) is 1. The first-order chi connectivity index (χ1) is 13.5. The molecule has 1 heterocycles. The highest BCUT2D eigenvalue weighted by Gasteiger charge is 2.51. The van der Waals surface area contributed by atoms with E-state index in [1.807, 2.05) is 54.6 Å². The summed E-state index contributed by atoms with van der Waals surface area (Å²) in [6.45, 7) is 0.397. The predicted octanol–water partition coefficient (Wildman–Crippen LogP) is 5.15. The van der Waals surface area contributed by atoms with Gasteiger partial charge in [0, 0.05) is 10.0 Å². The van der Waals surface area contributed by atoms with E-state index in [1.165, 1.54) is 0 Å². The van der Waals surface area contributed by atoms with Crippen molar-refractivity contribution in [3.8, 4) is 0 Å². The van der Waals surface area contributed by atoms with Crippen molar-refractivity contribution in [1.82, 2.24) is 10.2 Å². The summed E-state index contributed by atoms with van der Waals surface area (Å²) >= 11 is 17.7. The van der Waals surface area contributed by atoms with Crippen LogP contribution in [0.5, 0.6) is 0 Å². The van der Waals surface area contributed by atoms with E-state index in [1.54, 1.807) is 29.2 Å². The minimum Gasteiger partial charge on any atom is -0.341 e. The lowest BCUT2D eigenvalue weighted by molar-refractivity contribution is -0.130. The van der Waals surface area contributed by atoms with Crippen LogP contribution in [0.25, 0.3) is 0 Å². The zero-order chi connectivity index (χ0) is 19.7. The molecular formula is C22H16Cl2N2OS. The number of carbonyl (C=O) groups is 1. The SMILES string of the molecule is O=C1N(Cc2ccccc2)C(=S)NC1(c1ccc(Cl)cc1)c1ccc(Cl)cc1. The molecular weight excluding hydrogens is 411 g/mol. The molecule has 1 aliphatic heterocycles. The van der Waals surface area contributed by atoms with Gasteiger partial charge in [0.1, 0.15) is 0 Å². The zero-order valence-electron chi connectivity index (χ0n) is 14.7. The zero-order valence-corrected chi connectivity index (χ0v) is 17.1. The van der Waals surface area contributed by atoms with Crippen molar-refractivity contribution in [3.63, 3.8) is 0 Å². The van der Waals surface area contributed by atoms with Crippen LogP contribution in [0.2, 0.25) is 10.0 Å². The van der Waals surface area contributed by atoms with Gasteiger partial charge in [0.15, 0.2) is 10.7 Å². The number of hydrogen-bond acceptors (Lipinski definition) is 2. The minimum atomic E-state index is -1.12. The van der Waals surface area contributed by atoms with Crippen molar-refractivity contribution in [3.05, 3.63) is 106 Å². The highest BCUT2D eigenvalue weighted by Crippen LogP contribution is 2.37. The summed E-state index contributed by atoms with van der Waals surface area (Å²) in [7, 11) is 0. The molecule has 1 amide bonds. The van der Waals surface area contributed by atoms with Gasteiger partial charge in [-0.2, -0.15) is 0 Å². The van der Waals surface area contributed by atoms with Crippen LogP contribution in [-0.2, 0) is 16.9 Å². The van der Waals surface area contributed by atoms with Crippen LogP contribution in [0.1, 0.15) is 16.7 Å². The molecule has 28 heavy (non-hydrogen) atoms. The Labute approximate surface area is 178 Å². The Morgan fingerprint density at radius 1 is 0.821 bits per heavy atom. The molecule has 0 unspecified atom stereocenters. The van der Waals surface area contributed by atoms with Crippen molar-refractivity contribution < 1.29 is 4.79 Å². The van der Waals surface area contributed by atoms with Crippen LogP contribution in [0.15, 0.2) is 78.9 Å². The topological polar surface area (TPSA) is 32.3 Å². The Hall–Kier alpha value is -2.40. The van der Waals surface area contributed by atoms with Crippen molar-refractivity contribution in [2.45, 2.75) is 12.1 Å². The molecule has 1 fully saturated rings. The maximum atomic E-state index is 13.7. The van der Waals surface area contributed by atoms with Gasteiger partial charge in [0.2, 0.25) is 0 Å². The van der Waals surface area contributed by atoms with Crippen molar-refractivity contribution >= 4 is 46.4 Å². The van der Waals surface area contributed by atoms with Crippen LogP contribution in [0.3, 0.4) is 0 Å². The molecule has 0 atom stereocenters. The summed E-state index contributed by atoms with van der Waals surface area (Å²) in [5.74, 6) is -0.133. The van der Waals surface area contributed by atoms with Crippen LogP contribution in [0, 0.1) is 0 Å². The van der Waals surface area contributed by atoms with Crippen LogP contribution in [0.4, 0.5) is 0 Å². The molecule has 3 nitrogen and oxygen atoms in total. The van der Waals surface area contributed by atoms with E-state index in [0.717, 1.165) is 16.7 Å². The highest BCUT2D eigenvalue weighted by molar-refractivity contribution is 7.80. The van der Waals surface area contributed by atoms with Gasteiger partial charge >= 0.3 is 0 Å². The predicted molar refractivity (Wildman–Crippen MR) is 116 cm³/mol. The monoisotopic (exact) mass is 426 g/mol. The van der Waals surface area contributed by atoms with Gasteiger partial charge in [-0.15, -0.1) is 0 Å². The molecule has 1 N–H and O–H groups in total. The molecule has 1 saturated heterocycles. The molecule has 3 aromatic rings. The molecule has 0 spiro atoms. The van der Waals surface area contributed by atoms with E-state index in [0.29, 0.717) is 21.7 Å². The first-order valence-corrected chi connectivity index (χ1v) is 9.87. The first-order valence-electron chi connectivity index (χ1n) is 8.71. The number of amides is 1. The fourth-order valence-electron chi connectivity index (χ4n) is 3.44. The summed E-state index contributed by atoms with van der Waals surface area (Å²) in [5.41, 5.74) is 1.41. The Morgan fingerprint density at radius 3 is 1.82 bits per heavy atom. The van der Waals surface area contributed by atoms with E-state index < -0.39 is 5.54 Å². The molecule has 0 bridgehead atoms. The highest BCUT2D eigenvalue weighted by atomic mass is 35.5. The van der Waals surface area contributed by atoms with Gasteiger partial charge in [-0.3, -0.25) is 9.69 Å². The molecule has 0 saturated carbocycles. The number of nitrogens with zero attached hydrogens (tertiary/aromatic N) is 1. The standard InChI is InChI=1S/C22H16Cl2N2OS/c23-18-10-6-16(7-11-18)22(17-8-12-19(24)13-9-17)20(27)26(21(28)25-22)14-15-4-2-1-3-5-15/h1-13H,14H2,(H,25,28). The summed E-state index contributed by atoms with van der Waals surface area (Å²) < 4.78 is 0. The number of thiocarbonyl (C=S) groups is 1. The van der Waals surface area contributed by atoms with Crippen LogP contribution in [-0.4, -0.2) is 15.9 Å². The average molecular weight is 427 g/mol. The molecule has 3 aromatic carbocycles. The lowest BCUT2D eigenvalue weighted by atomic mass is 9.82. The lowest BCUT2D eigenvalue weighted by Gasteiger charge is -2.28. The molecule has 1 aliphatic rings. The summed E-state index contributed by atoms with van der Waals surface area (Å²) in [4.78, 5) is 15.3. The molecule has 140 valence electrons. The third kappa shape index (κ3) is 3.28. The number of carbonyl (C=O) groups excluding carboxylic acids is 1. The van der Waals surface area contributed by atoms with Gasteiger partial charge in [-0.1, -0.05) is 77.8 Å². The first kappa shape index (κ1) is 18.9. The maximum absolute atomic E-state index is 13.7. The third-order valence-electron chi connectivity index (χ3n) is 4.84. The number of benzene rings is 3. The van der Waals surface area contributed by atoms with Crippen molar-refractivity contribution in [1.29, 1.82) is 0 Å². The second-order valence-electron chi connectivity index (χ2n) is 6.57. The van der Waals surface area contributed by atoms with Gasteiger partial charge in [-0.05, 0) is 53.2 Å². The van der Waals surface area contributed by atoms with Crippen LogP contribution >= 0.6 is 35.4 Å². The van der Waals surface area contributed by atoms with Gasteiger partial charge in [-0.25, -0.2) is 0 Å². The Bertz CT molecular complexity index is 975. The molecule has 0 radical (unpaired) electrons. The number of rotatable bonds is 4. The second-order valence-corrected chi connectivity index (χ2v) is 7.83. The largest absolute Gasteiger partial charge is 0.341 e. The molecule has 6 heteroatoms. The van der Waals surface area contributed by atoms with Crippen molar-refractivity contribution in [2.24, 2.45) is 0 Å². The minimum absolute atomic E-state index is 0.133. The van der Waals surface area contributed by atoms with Crippen LogP contribution < -0.4 is 5.32 Å². The fraction of sp³-hybridized carbons (Fsp3) is 0.0909. The van der Waals surface area contributed by atoms with Gasteiger partial charge < -0.3 is 5.32 Å². The molecule has 4 rings (SSSR count). The Balaban J connectivity index is 1.82. The van der Waals surface area contributed by atoms with Gasteiger partial charge in [0.25, 0.3) is 5.91 Å². The number of nitrogens with one attached hydrogen (secondary N) is 1. The van der Waals surface area contributed by atoms with E-state index >= 15 is 0 Å².